The van der Waals surface area contributed by atoms with Crippen molar-refractivity contribution in [1.82, 2.24) is 25.7 Å². The number of aromatic nitrogens is 2. The summed E-state index contributed by atoms with van der Waals surface area (Å²) >= 11 is 0. The second-order valence-corrected chi connectivity index (χ2v) is 7.63. The van der Waals surface area contributed by atoms with E-state index in [2.05, 4.69) is 32.4 Å². The van der Waals surface area contributed by atoms with Crippen LogP contribution in [-0.4, -0.2) is 40.1 Å². The third-order valence-corrected chi connectivity index (χ3v) is 5.28. The van der Waals surface area contributed by atoms with Gasteiger partial charge in [-0.3, -0.25) is 19.7 Å². The zero-order valence-electron chi connectivity index (χ0n) is 17.1. The number of nitrogens with zero attached hydrogens (tertiary/aromatic N) is 2. The lowest BCUT2D eigenvalue weighted by atomic mass is 9.97. The summed E-state index contributed by atoms with van der Waals surface area (Å²) in [6, 6.07) is 1.70. The highest BCUT2D eigenvalue weighted by Gasteiger charge is 2.28. The van der Waals surface area contributed by atoms with E-state index in [-0.39, 0.29) is 11.9 Å². The van der Waals surface area contributed by atoms with Gasteiger partial charge in [0.15, 0.2) is 6.29 Å². The second-order valence-electron chi connectivity index (χ2n) is 7.63. The summed E-state index contributed by atoms with van der Waals surface area (Å²) in [5, 5.41) is 15.7. The molecule has 0 radical (unpaired) electrons. The summed E-state index contributed by atoms with van der Waals surface area (Å²) in [6.45, 7) is 4.22. The van der Waals surface area contributed by atoms with E-state index in [4.69, 9.17) is 0 Å². The number of hydrogen-bond acceptors (Lipinski definition) is 5. The predicted octanol–water partition coefficient (Wildman–Crippen LogP) is 1.48. The molecule has 2 aliphatic rings. The van der Waals surface area contributed by atoms with Crippen LogP contribution >= 0.6 is 0 Å². The smallest absolute Gasteiger partial charge is 0.314 e. The van der Waals surface area contributed by atoms with E-state index in [1.807, 2.05) is 6.92 Å². The normalized spacial score (nSPS) is 21.9. The average molecular weight is 402 g/mol. The van der Waals surface area contributed by atoms with Crippen LogP contribution in [0, 0.1) is 6.92 Å². The highest BCUT2D eigenvalue weighted by molar-refractivity contribution is 6.39. The van der Waals surface area contributed by atoms with Crippen LogP contribution in [0.25, 0.3) is 0 Å². The highest BCUT2D eigenvalue weighted by atomic mass is 16.2. The molecule has 1 aliphatic heterocycles. The predicted molar refractivity (Wildman–Crippen MR) is 109 cm³/mol. The van der Waals surface area contributed by atoms with Gasteiger partial charge in [0.05, 0.1) is 5.69 Å². The maximum absolute atomic E-state index is 12.3. The van der Waals surface area contributed by atoms with E-state index in [1.165, 1.54) is 23.1 Å². The monoisotopic (exact) mass is 402 g/mol. The van der Waals surface area contributed by atoms with Gasteiger partial charge in [0, 0.05) is 25.1 Å². The molecule has 29 heavy (non-hydrogen) atoms. The third kappa shape index (κ3) is 5.66. The fourth-order valence-electron chi connectivity index (χ4n) is 3.68. The number of anilines is 1. The standard InChI is InChI=1S/C20H30N6O3/c1-3-15-12-17(27)24-20(22-15)26-16(11-13(2)25-26)23-19(29)18(28)21-10-9-14-7-5-4-6-8-14/h7,11,15,20,22H,3-6,8-10,12H2,1-2H3,(H,21,28)(H,23,29)(H,24,27). The minimum atomic E-state index is -0.752. The van der Waals surface area contributed by atoms with Gasteiger partial charge in [0.1, 0.15) is 5.82 Å². The Labute approximate surface area is 170 Å². The van der Waals surface area contributed by atoms with Crippen LogP contribution < -0.4 is 21.3 Å². The van der Waals surface area contributed by atoms with Gasteiger partial charge in [0.2, 0.25) is 5.91 Å². The first-order valence-electron chi connectivity index (χ1n) is 10.3. The molecule has 3 rings (SSSR count). The Morgan fingerprint density at radius 1 is 1.31 bits per heavy atom. The first-order valence-corrected chi connectivity index (χ1v) is 10.3. The van der Waals surface area contributed by atoms with Crippen LogP contribution in [0.5, 0.6) is 0 Å². The van der Waals surface area contributed by atoms with Crippen LogP contribution in [0.3, 0.4) is 0 Å². The average Bonchev–Trinajstić information content (AvgIpc) is 3.08. The molecule has 1 aromatic rings. The maximum atomic E-state index is 12.3. The van der Waals surface area contributed by atoms with E-state index < -0.39 is 18.1 Å². The van der Waals surface area contributed by atoms with Crippen molar-refractivity contribution in [3.8, 4) is 0 Å². The molecule has 1 aromatic heterocycles. The minimum absolute atomic E-state index is 0.0270. The fraction of sp³-hybridized carbons (Fsp3) is 0.600. The highest BCUT2D eigenvalue weighted by Crippen LogP contribution is 2.20. The number of hydrogen-bond donors (Lipinski definition) is 4. The number of carbonyl (C=O) groups excluding carboxylic acids is 3. The molecule has 1 saturated heterocycles. The van der Waals surface area contributed by atoms with Crippen molar-refractivity contribution < 1.29 is 14.4 Å². The molecular weight excluding hydrogens is 372 g/mol. The van der Waals surface area contributed by atoms with Crippen molar-refractivity contribution in [3.63, 3.8) is 0 Å². The molecule has 0 bridgehead atoms. The van der Waals surface area contributed by atoms with E-state index in [0.29, 0.717) is 24.5 Å². The summed E-state index contributed by atoms with van der Waals surface area (Å²) in [5.41, 5.74) is 2.01. The molecular formula is C20H30N6O3. The van der Waals surface area contributed by atoms with Gasteiger partial charge in [-0.05, 0) is 45.4 Å². The topological polar surface area (TPSA) is 117 Å². The first-order chi connectivity index (χ1) is 14.0. The Balaban J connectivity index is 1.58. The van der Waals surface area contributed by atoms with Crippen molar-refractivity contribution in [2.24, 2.45) is 0 Å². The number of rotatable bonds is 6. The maximum Gasteiger partial charge on any atom is 0.314 e. The summed E-state index contributed by atoms with van der Waals surface area (Å²) in [5.74, 6) is -1.16. The molecule has 2 heterocycles. The zero-order chi connectivity index (χ0) is 20.8. The summed E-state index contributed by atoms with van der Waals surface area (Å²) in [6.07, 6.45) is 8.19. The van der Waals surface area contributed by atoms with Gasteiger partial charge in [-0.15, -0.1) is 0 Å². The lowest BCUT2D eigenvalue weighted by Gasteiger charge is -2.31. The zero-order valence-corrected chi connectivity index (χ0v) is 17.1. The second kappa shape index (κ2) is 9.69. The number of carbonyl (C=O) groups is 3. The van der Waals surface area contributed by atoms with Gasteiger partial charge in [0.25, 0.3) is 0 Å². The molecule has 0 spiro atoms. The Morgan fingerprint density at radius 3 is 2.86 bits per heavy atom. The van der Waals surface area contributed by atoms with Crippen molar-refractivity contribution in [2.45, 2.75) is 71.1 Å². The molecule has 9 nitrogen and oxygen atoms in total. The van der Waals surface area contributed by atoms with Crippen LogP contribution in [0.2, 0.25) is 0 Å². The molecule has 0 aromatic carbocycles. The number of amides is 3. The lowest BCUT2D eigenvalue weighted by Crippen LogP contribution is -2.53. The van der Waals surface area contributed by atoms with Crippen LogP contribution in [0.1, 0.15) is 63.9 Å². The first kappa shape index (κ1) is 21.0. The molecule has 3 amide bonds. The molecule has 4 N–H and O–H groups in total. The fourth-order valence-corrected chi connectivity index (χ4v) is 3.68. The quantitative estimate of drug-likeness (QED) is 0.425. The Morgan fingerprint density at radius 2 is 2.14 bits per heavy atom. The molecule has 1 aliphatic carbocycles. The molecule has 1 fully saturated rings. The molecule has 2 unspecified atom stereocenters. The molecule has 9 heteroatoms. The Kier molecular flexibility index (Phi) is 7.03. The van der Waals surface area contributed by atoms with Crippen LogP contribution in [0.4, 0.5) is 5.82 Å². The van der Waals surface area contributed by atoms with E-state index >= 15 is 0 Å². The summed E-state index contributed by atoms with van der Waals surface area (Å²) in [4.78, 5) is 36.5. The number of allylic oxidation sites excluding steroid dienone is 1. The van der Waals surface area contributed by atoms with Crippen molar-refractivity contribution in [2.75, 3.05) is 11.9 Å². The van der Waals surface area contributed by atoms with E-state index in [9.17, 15) is 14.4 Å². The van der Waals surface area contributed by atoms with Crippen LogP contribution in [-0.2, 0) is 14.4 Å². The third-order valence-electron chi connectivity index (χ3n) is 5.28. The Hall–Kier alpha value is -2.68. The lowest BCUT2D eigenvalue weighted by molar-refractivity contribution is -0.136. The van der Waals surface area contributed by atoms with Gasteiger partial charge in [-0.25, -0.2) is 4.68 Å². The number of aryl methyl sites for hydroxylation is 1. The van der Waals surface area contributed by atoms with E-state index in [0.717, 1.165) is 25.7 Å². The van der Waals surface area contributed by atoms with Crippen LogP contribution in [0.15, 0.2) is 17.7 Å². The number of nitrogens with one attached hydrogen (secondary N) is 4. The molecule has 2 atom stereocenters. The van der Waals surface area contributed by atoms with Crippen molar-refractivity contribution in [1.29, 1.82) is 0 Å². The SMILES string of the molecule is CCC1CC(=O)NC(n2nc(C)cc2NC(=O)C(=O)NCCC2=CCCCC2)N1. The molecule has 0 saturated carbocycles. The Bertz CT molecular complexity index is 800. The van der Waals surface area contributed by atoms with Gasteiger partial charge >= 0.3 is 11.8 Å². The van der Waals surface area contributed by atoms with E-state index in [1.54, 1.807) is 13.0 Å². The molecule has 158 valence electrons. The minimum Gasteiger partial charge on any atom is -0.348 e. The van der Waals surface area contributed by atoms with Crippen molar-refractivity contribution >= 4 is 23.5 Å². The van der Waals surface area contributed by atoms with Gasteiger partial charge < -0.3 is 16.0 Å². The van der Waals surface area contributed by atoms with Gasteiger partial charge in [-0.2, -0.15) is 5.10 Å². The van der Waals surface area contributed by atoms with Gasteiger partial charge in [-0.1, -0.05) is 18.6 Å². The van der Waals surface area contributed by atoms with Crippen molar-refractivity contribution in [3.05, 3.63) is 23.4 Å². The summed E-state index contributed by atoms with van der Waals surface area (Å²) in [7, 11) is 0. The largest absolute Gasteiger partial charge is 0.348 e. The summed E-state index contributed by atoms with van der Waals surface area (Å²) < 4.78 is 1.49.